The van der Waals surface area contributed by atoms with Gasteiger partial charge in [0.25, 0.3) is 0 Å². The molecule has 0 radical (unpaired) electrons. The van der Waals surface area contributed by atoms with Gasteiger partial charge in [-0.05, 0) is 48.9 Å². The van der Waals surface area contributed by atoms with Gasteiger partial charge in [0.05, 0.1) is 12.1 Å². The van der Waals surface area contributed by atoms with Gasteiger partial charge in [-0.3, -0.25) is 0 Å². The normalized spacial score (nSPS) is 17.9. The molecule has 0 saturated heterocycles. The van der Waals surface area contributed by atoms with Gasteiger partial charge in [0, 0.05) is 0 Å². The molecule has 5 nitrogen and oxygen atoms in total. The van der Waals surface area contributed by atoms with Crippen molar-refractivity contribution in [3.05, 3.63) is 59.7 Å². The number of fused-ring (bicyclic) bond motifs is 1. The predicted octanol–water partition coefficient (Wildman–Crippen LogP) is 3.97. The Morgan fingerprint density at radius 2 is 1.69 bits per heavy atom. The first-order valence-electron chi connectivity index (χ1n) is 9.22. The third-order valence-corrected chi connectivity index (χ3v) is 4.95. The number of urea groups is 1. The smallest absolute Gasteiger partial charge is 0.315 e. The topological polar surface area (TPSA) is 59.6 Å². The van der Waals surface area contributed by atoms with Crippen LogP contribution in [0.15, 0.2) is 48.5 Å². The molecular weight excluding hydrogens is 328 g/mol. The third kappa shape index (κ3) is 3.77. The van der Waals surface area contributed by atoms with Crippen molar-refractivity contribution < 1.29 is 14.3 Å². The molecule has 1 fully saturated rings. The van der Waals surface area contributed by atoms with Crippen LogP contribution in [0.1, 0.15) is 43.0 Å². The van der Waals surface area contributed by atoms with E-state index in [-0.39, 0.29) is 18.1 Å². The second-order valence-electron chi connectivity index (χ2n) is 6.97. The van der Waals surface area contributed by atoms with Crippen LogP contribution < -0.4 is 20.1 Å². The molecule has 2 unspecified atom stereocenters. The van der Waals surface area contributed by atoms with E-state index in [9.17, 15) is 4.79 Å². The molecule has 0 bridgehead atoms. The molecule has 0 aromatic heterocycles. The summed E-state index contributed by atoms with van der Waals surface area (Å²) in [7, 11) is 0. The zero-order valence-corrected chi connectivity index (χ0v) is 14.9. The van der Waals surface area contributed by atoms with Crippen molar-refractivity contribution in [2.45, 2.75) is 31.8 Å². The van der Waals surface area contributed by atoms with E-state index in [1.54, 1.807) is 0 Å². The fourth-order valence-corrected chi connectivity index (χ4v) is 3.36. The molecule has 2 aliphatic rings. The summed E-state index contributed by atoms with van der Waals surface area (Å²) in [6.45, 7) is 3.10. The highest BCUT2D eigenvalue weighted by molar-refractivity contribution is 5.75. The van der Waals surface area contributed by atoms with Gasteiger partial charge >= 0.3 is 6.03 Å². The van der Waals surface area contributed by atoms with E-state index in [1.165, 1.54) is 0 Å². The number of carbonyl (C=O) groups excluding carboxylic acids is 1. The molecule has 2 N–H and O–H groups in total. The van der Waals surface area contributed by atoms with Gasteiger partial charge in [0.1, 0.15) is 13.2 Å². The van der Waals surface area contributed by atoms with Crippen molar-refractivity contribution in [1.82, 2.24) is 10.6 Å². The van der Waals surface area contributed by atoms with Crippen LogP contribution in [0.5, 0.6) is 11.5 Å². The fourth-order valence-electron chi connectivity index (χ4n) is 3.36. The fraction of sp³-hybridized carbons (Fsp3) is 0.381. The monoisotopic (exact) mass is 352 g/mol. The molecule has 4 rings (SSSR count). The predicted molar refractivity (Wildman–Crippen MR) is 99.4 cm³/mol. The molecule has 2 atom stereocenters. The molecule has 26 heavy (non-hydrogen) atoms. The first-order chi connectivity index (χ1) is 12.7. The highest BCUT2D eigenvalue weighted by Crippen LogP contribution is 2.41. The Bertz CT molecular complexity index is 774. The summed E-state index contributed by atoms with van der Waals surface area (Å²) < 4.78 is 11.2. The zero-order valence-electron chi connectivity index (χ0n) is 14.9. The van der Waals surface area contributed by atoms with E-state index in [1.807, 2.05) is 43.3 Å². The van der Waals surface area contributed by atoms with Crippen molar-refractivity contribution in [1.29, 1.82) is 0 Å². The summed E-state index contributed by atoms with van der Waals surface area (Å²) in [4.78, 5) is 12.6. The molecule has 2 aromatic rings. The van der Waals surface area contributed by atoms with E-state index in [0.29, 0.717) is 19.1 Å². The minimum Gasteiger partial charge on any atom is -0.486 e. The highest BCUT2D eigenvalue weighted by Gasteiger charge is 2.33. The number of nitrogens with one attached hydrogen (secondary N) is 2. The number of amides is 2. The average molecular weight is 352 g/mol. The maximum atomic E-state index is 12.6. The van der Waals surface area contributed by atoms with Crippen LogP contribution in [0.4, 0.5) is 4.79 Å². The quantitative estimate of drug-likeness (QED) is 0.856. The molecule has 1 aliphatic heterocycles. The van der Waals surface area contributed by atoms with Crippen LogP contribution in [0.2, 0.25) is 0 Å². The molecule has 0 spiro atoms. The molecule has 136 valence electrons. The molecule has 1 saturated carbocycles. The lowest BCUT2D eigenvalue weighted by molar-refractivity contribution is 0.171. The number of carbonyl (C=O) groups is 1. The molecule has 2 aromatic carbocycles. The maximum absolute atomic E-state index is 12.6. The van der Waals surface area contributed by atoms with Gasteiger partial charge in [0.15, 0.2) is 11.5 Å². The lowest BCUT2D eigenvalue weighted by Crippen LogP contribution is -2.40. The van der Waals surface area contributed by atoms with Gasteiger partial charge in [-0.2, -0.15) is 0 Å². The second kappa shape index (κ2) is 7.28. The largest absolute Gasteiger partial charge is 0.486 e. The second-order valence-corrected chi connectivity index (χ2v) is 6.97. The van der Waals surface area contributed by atoms with E-state index in [4.69, 9.17) is 9.47 Å². The number of benzene rings is 2. The Morgan fingerprint density at radius 1 is 0.962 bits per heavy atom. The Hall–Kier alpha value is -2.69. The molecule has 1 aliphatic carbocycles. The number of hydrogen-bond donors (Lipinski definition) is 2. The van der Waals surface area contributed by atoms with Crippen molar-refractivity contribution in [2.75, 3.05) is 13.2 Å². The minimum atomic E-state index is -0.145. The van der Waals surface area contributed by atoms with Crippen LogP contribution in [0.3, 0.4) is 0 Å². The SMILES string of the molecule is CC(NC(=O)NC(c1ccccc1)C1CC1)c1ccc2c(c1)OCCO2. The molecule has 5 heteroatoms. The van der Waals surface area contributed by atoms with Crippen LogP contribution >= 0.6 is 0 Å². The summed E-state index contributed by atoms with van der Waals surface area (Å²) in [6.07, 6.45) is 2.33. The summed E-state index contributed by atoms with van der Waals surface area (Å²) >= 11 is 0. The highest BCUT2D eigenvalue weighted by atomic mass is 16.6. The zero-order chi connectivity index (χ0) is 17.9. The van der Waals surface area contributed by atoms with Gasteiger partial charge in [-0.25, -0.2) is 4.79 Å². The Kier molecular flexibility index (Phi) is 4.69. The van der Waals surface area contributed by atoms with E-state index < -0.39 is 0 Å². The van der Waals surface area contributed by atoms with E-state index >= 15 is 0 Å². The molecular formula is C21H24N2O3. The van der Waals surface area contributed by atoms with Crippen LogP contribution in [0, 0.1) is 5.92 Å². The van der Waals surface area contributed by atoms with Crippen LogP contribution in [-0.4, -0.2) is 19.2 Å². The van der Waals surface area contributed by atoms with Gasteiger partial charge in [-0.15, -0.1) is 0 Å². The third-order valence-electron chi connectivity index (χ3n) is 4.95. The van der Waals surface area contributed by atoms with Crippen molar-refractivity contribution in [3.63, 3.8) is 0 Å². The van der Waals surface area contributed by atoms with Crippen molar-refractivity contribution in [2.24, 2.45) is 5.92 Å². The number of ether oxygens (including phenoxy) is 2. The van der Waals surface area contributed by atoms with Crippen LogP contribution in [-0.2, 0) is 0 Å². The lowest BCUT2D eigenvalue weighted by atomic mass is 10.0. The summed E-state index contributed by atoms with van der Waals surface area (Å²) in [5.41, 5.74) is 2.16. The Balaban J connectivity index is 1.41. The van der Waals surface area contributed by atoms with Crippen LogP contribution in [0.25, 0.3) is 0 Å². The Labute approximate surface area is 153 Å². The minimum absolute atomic E-state index is 0.0728. The number of hydrogen-bond acceptors (Lipinski definition) is 3. The summed E-state index contributed by atoms with van der Waals surface area (Å²) in [6, 6.07) is 15.8. The maximum Gasteiger partial charge on any atom is 0.315 e. The van der Waals surface area contributed by atoms with Gasteiger partial charge in [0.2, 0.25) is 0 Å². The average Bonchev–Trinajstić information content (AvgIpc) is 3.51. The number of rotatable bonds is 5. The van der Waals surface area contributed by atoms with E-state index in [2.05, 4.69) is 22.8 Å². The van der Waals surface area contributed by atoms with Crippen molar-refractivity contribution in [3.8, 4) is 11.5 Å². The summed E-state index contributed by atoms with van der Waals surface area (Å²) in [5, 5.41) is 6.19. The standard InChI is InChI=1S/C21H24N2O3/c1-14(17-9-10-18-19(13-17)26-12-11-25-18)22-21(24)23-20(16-7-8-16)15-5-3-2-4-6-15/h2-6,9-10,13-14,16,20H,7-8,11-12H2,1H3,(H2,22,23,24). The van der Waals surface area contributed by atoms with Gasteiger partial charge < -0.3 is 20.1 Å². The summed E-state index contributed by atoms with van der Waals surface area (Å²) in [5.74, 6) is 2.03. The van der Waals surface area contributed by atoms with E-state index in [0.717, 1.165) is 35.5 Å². The molecule has 2 amide bonds. The van der Waals surface area contributed by atoms with Crippen molar-refractivity contribution >= 4 is 6.03 Å². The van der Waals surface area contributed by atoms with Gasteiger partial charge in [-0.1, -0.05) is 36.4 Å². The Morgan fingerprint density at radius 3 is 2.42 bits per heavy atom. The first kappa shape index (κ1) is 16.8. The lowest BCUT2D eigenvalue weighted by Gasteiger charge is -2.23. The first-order valence-corrected chi connectivity index (χ1v) is 9.22. The molecule has 1 heterocycles.